The molecule has 2 heteroatoms. The molecule has 2 atom stereocenters. The van der Waals surface area contributed by atoms with Crippen molar-refractivity contribution in [3.8, 4) is 0 Å². The molecule has 0 spiro atoms. The molecule has 1 aliphatic heterocycles. The third kappa shape index (κ3) is 0.697. The zero-order valence-electron chi connectivity index (χ0n) is 5.30. The fourth-order valence-corrected chi connectivity index (χ4v) is 1.75. The molecule has 50 valence electrons. The molecule has 2 nitrogen and oxygen atoms in total. The summed E-state index contributed by atoms with van der Waals surface area (Å²) in [5.41, 5.74) is 0. The molecule has 9 heavy (non-hydrogen) atoms. The van der Waals surface area contributed by atoms with Crippen LogP contribution in [-0.4, -0.2) is 19.0 Å². The lowest BCUT2D eigenvalue weighted by molar-refractivity contribution is -0.121. The van der Waals surface area contributed by atoms with E-state index in [4.69, 9.17) is 4.74 Å². The van der Waals surface area contributed by atoms with E-state index in [0.717, 1.165) is 19.4 Å². The maximum atomic E-state index is 11.0. The quantitative estimate of drug-likeness (QED) is 0.475. The molecule has 0 N–H and O–H groups in total. The number of ether oxygens (including phenoxy) is 1. The van der Waals surface area contributed by atoms with Crippen LogP contribution in [0.4, 0.5) is 0 Å². The van der Waals surface area contributed by atoms with Crippen molar-refractivity contribution in [1.29, 1.82) is 0 Å². The average Bonchev–Trinajstić information content (AvgIpc) is 2.35. The fraction of sp³-hybridized carbons (Fsp3) is 0.857. The largest absolute Gasteiger partial charge is 0.380 e. The van der Waals surface area contributed by atoms with Gasteiger partial charge in [-0.15, -0.1) is 0 Å². The molecular weight excluding hydrogens is 116 g/mol. The zero-order valence-corrected chi connectivity index (χ0v) is 5.30. The lowest BCUT2D eigenvalue weighted by Gasteiger charge is -1.99. The number of Topliss-reactive ketones (excluding diaryl/α,β-unsaturated/α-hetero) is 1. The summed E-state index contributed by atoms with van der Waals surface area (Å²) < 4.78 is 5.16. The van der Waals surface area contributed by atoms with Gasteiger partial charge in [0.1, 0.15) is 5.78 Å². The predicted octanol–water partition coefficient (Wildman–Crippen LogP) is 0.612. The molecule has 0 amide bonds. The summed E-state index contributed by atoms with van der Waals surface area (Å²) >= 11 is 0. The highest BCUT2D eigenvalue weighted by atomic mass is 16.5. The molecule has 1 saturated heterocycles. The molecule has 2 rings (SSSR count). The van der Waals surface area contributed by atoms with Crippen molar-refractivity contribution in [1.82, 2.24) is 0 Å². The molecule has 1 saturated carbocycles. The van der Waals surface area contributed by atoms with Crippen LogP contribution in [0, 0.1) is 11.8 Å². The van der Waals surface area contributed by atoms with E-state index in [1.165, 1.54) is 0 Å². The first kappa shape index (κ1) is 5.42. The second-order valence-electron chi connectivity index (χ2n) is 2.91. The van der Waals surface area contributed by atoms with Gasteiger partial charge >= 0.3 is 0 Å². The summed E-state index contributed by atoms with van der Waals surface area (Å²) in [6.45, 7) is 1.53. The maximum absolute atomic E-state index is 11.0. The Morgan fingerprint density at radius 2 is 2.33 bits per heavy atom. The predicted molar refractivity (Wildman–Crippen MR) is 32.0 cm³/mol. The van der Waals surface area contributed by atoms with Crippen molar-refractivity contribution in [2.24, 2.45) is 11.8 Å². The fourth-order valence-electron chi connectivity index (χ4n) is 1.75. The van der Waals surface area contributed by atoms with Crippen LogP contribution in [-0.2, 0) is 9.53 Å². The van der Waals surface area contributed by atoms with Crippen molar-refractivity contribution in [3.05, 3.63) is 0 Å². The van der Waals surface area contributed by atoms with E-state index in [1.807, 2.05) is 0 Å². The van der Waals surface area contributed by atoms with E-state index in [9.17, 15) is 4.79 Å². The summed E-state index contributed by atoms with van der Waals surface area (Å²) in [4.78, 5) is 11.0. The Kier molecular flexibility index (Phi) is 1.09. The lowest BCUT2D eigenvalue weighted by Crippen LogP contribution is -2.11. The normalized spacial score (nSPS) is 41.6. The zero-order chi connectivity index (χ0) is 6.27. The molecule has 0 aromatic carbocycles. The number of ketones is 1. The van der Waals surface area contributed by atoms with Crippen LogP contribution in [0.2, 0.25) is 0 Å². The van der Waals surface area contributed by atoms with Crippen molar-refractivity contribution >= 4 is 5.78 Å². The summed E-state index contributed by atoms with van der Waals surface area (Å²) in [5, 5.41) is 0. The highest BCUT2D eigenvalue weighted by molar-refractivity contribution is 5.83. The minimum atomic E-state index is 0.282. The lowest BCUT2D eigenvalue weighted by atomic mass is 10.0. The van der Waals surface area contributed by atoms with Gasteiger partial charge in [0.25, 0.3) is 0 Å². The first-order chi connectivity index (χ1) is 4.38. The van der Waals surface area contributed by atoms with Gasteiger partial charge in [-0.05, 0) is 12.3 Å². The van der Waals surface area contributed by atoms with Crippen LogP contribution >= 0.6 is 0 Å². The second kappa shape index (κ2) is 1.81. The Morgan fingerprint density at radius 1 is 1.44 bits per heavy atom. The number of fused-ring (bicyclic) bond motifs is 1. The molecule has 1 aliphatic carbocycles. The Balaban J connectivity index is 2.15. The minimum Gasteiger partial charge on any atom is -0.380 e. The Labute approximate surface area is 54.2 Å². The van der Waals surface area contributed by atoms with E-state index in [0.29, 0.717) is 18.3 Å². The third-order valence-electron chi connectivity index (χ3n) is 2.37. The van der Waals surface area contributed by atoms with E-state index in [-0.39, 0.29) is 5.92 Å². The van der Waals surface area contributed by atoms with Crippen LogP contribution < -0.4 is 0 Å². The second-order valence-corrected chi connectivity index (χ2v) is 2.91. The van der Waals surface area contributed by atoms with Crippen molar-refractivity contribution < 1.29 is 9.53 Å². The molecule has 0 radical (unpaired) electrons. The molecular formula is C7H10O2. The molecule has 0 aromatic rings. The maximum Gasteiger partial charge on any atom is 0.138 e. The first-order valence-corrected chi connectivity index (χ1v) is 3.48. The third-order valence-corrected chi connectivity index (χ3v) is 2.37. The van der Waals surface area contributed by atoms with Crippen LogP contribution in [0.3, 0.4) is 0 Å². The summed E-state index contributed by atoms with van der Waals surface area (Å²) in [6.07, 6.45) is 1.88. The Bertz CT molecular complexity index is 142. The average molecular weight is 126 g/mol. The van der Waals surface area contributed by atoms with Gasteiger partial charge in [-0.3, -0.25) is 4.79 Å². The summed E-state index contributed by atoms with van der Waals surface area (Å²) in [6, 6.07) is 0. The number of carbonyl (C=O) groups excluding carboxylic acids is 1. The smallest absolute Gasteiger partial charge is 0.138 e. The number of carbonyl (C=O) groups is 1. The molecule has 2 fully saturated rings. The van der Waals surface area contributed by atoms with Gasteiger partial charge in [0.2, 0.25) is 0 Å². The standard InChI is InChI=1S/C7H10O2/c8-7-2-1-5-3-9-4-6(5)7/h5-6H,1-4H2. The monoisotopic (exact) mass is 126 g/mol. The van der Waals surface area contributed by atoms with Crippen molar-refractivity contribution in [3.63, 3.8) is 0 Å². The van der Waals surface area contributed by atoms with Gasteiger partial charge in [0, 0.05) is 12.3 Å². The molecule has 0 bridgehead atoms. The Morgan fingerprint density at radius 3 is 3.11 bits per heavy atom. The van der Waals surface area contributed by atoms with Crippen molar-refractivity contribution in [2.75, 3.05) is 13.2 Å². The SMILES string of the molecule is O=C1CCC2COCC12. The van der Waals surface area contributed by atoms with E-state index in [1.54, 1.807) is 0 Å². The molecule has 0 aromatic heterocycles. The molecule has 1 heterocycles. The van der Waals surface area contributed by atoms with Gasteiger partial charge < -0.3 is 4.74 Å². The molecule has 2 aliphatic rings. The highest BCUT2D eigenvalue weighted by Crippen LogP contribution is 2.33. The minimum absolute atomic E-state index is 0.282. The molecule has 2 unspecified atom stereocenters. The number of hydrogen-bond donors (Lipinski definition) is 0. The van der Waals surface area contributed by atoms with Crippen LogP contribution in [0.1, 0.15) is 12.8 Å². The van der Waals surface area contributed by atoms with Crippen LogP contribution in [0.5, 0.6) is 0 Å². The van der Waals surface area contributed by atoms with Gasteiger partial charge in [0.15, 0.2) is 0 Å². The van der Waals surface area contributed by atoms with Gasteiger partial charge in [-0.25, -0.2) is 0 Å². The van der Waals surface area contributed by atoms with Crippen molar-refractivity contribution in [2.45, 2.75) is 12.8 Å². The topological polar surface area (TPSA) is 26.3 Å². The van der Waals surface area contributed by atoms with Crippen LogP contribution in [0.15, 0.2) is 0 Å². The Hall–Kier alpha value is -0.370. The van der Waals surface area contributed by atoms with Gasteiger partial charge in [-0.2, -0.15) is 0 Å². The summed E-state index contributed by atoms with van der Waals surface area (Å²) in [5.74, 6) is 1.29. The van der Waals surface area contributed by atoms with E-state index in [2.05, 4.69) is 0 Å². The number of hydrogen-bond acceptors (Lipinski definition) is 2. The van der Waals surface area contributed by atoms with E-state index < -0.39 is 0 Å². The highest BCUT2D eigenvalue weighted by Gasteiger charge is 2.38. The van der Waals surface area contributed by atoms with Crippen LogP contribution in [0.25, 0.3) is 0 Å². The summed E-state index contributed by atoms with van der Waals surface area (Å²) in [7, 11) is 0. The van der Waals surface area contributed by atoms with Gasteiger partial charge in [-0.1, -0.05) is 0 Å². The first-order valence-electron chi connectivity index (χ1n) is 3.48. The van der Waals surface area contributed by atoms with E-state index >= 15 is 0 Å². The number of rotatable bonds is 0. The van der Waals surface area contributed by atoms with Gasteiger partial charge in [0.05, 0.1) is 13.2 Å².